The van der Waals surface area contributed by atoms with E-state index >= 15 is 0 Å². The van der Waals surface area contributed by atoms with Gasteiger partial charge in [-0.2, -0.15) is 0 Å². The topological polar surface area (TPSA) is 12.0 Å². The minimum Gasteiger partial charge on any atom is -0.312 e. The van der Waals surface area contributed by atoms with E-state index in [-0.39, 0.29) is 0 Å². The first-order chi connectivity index (χ1) is 8.69. The van der Waals surface area contributed by atoms with Crippen molar-refractivity contribution in [1.29, 1.82) is 0 Å². The highest BCUT2D eigenvalue weighted by atomic mass is 32.2. The summed E-state index contributed by atoms with van der Waals surface area (Å²) in [5.41, 5.74) is 2.73. The second kappa shape index (κ2) is 6.41. The highest BCUT2D eigenvalue weighted by Crippen LogP contribution is 2.27. The van der Waals surface area contributed by atoms with Crippen LogP contribution in [0.5, 0.6) is 0 Å². The van der Waals surface area contributed by atoms with Gasteiger partial charge in [0.15, 0.2) is 0 Å². The molecule has 0 aliphatic heterocycles. The first-order valence-electron chi connectivity index (χ1n) is 6.11. The molecule has 0 radical (unpaired) electrons. The molecule has 0 spiro atoms. The maximum atomic E-state index is 3.40. The van der Waals surface area contributed by atoms with Crippen molar-refractivity contribution in [3.8, 4) is 0 Å². The summed E-state index contributed by atoms with van der Waals surface area (Å²) in [6, 6.07) is 11.4. The third-order valence-corrected chi connectivity index (χ3v) is 4.87. The Bertz CT molecular complexity index is 505. The van der Waals surface area contributed by atoms with Gasteiger partial charge in [0.25, 0.3) is 0 Å². The van der Waals surface area contributed by atoms with Gasteiger partial charge in [-0.15, -0.1) is 23.1 Å². The lowest BCUT2D eigenvalue weighted by atomic mass is 10.2. The fraction of sp³-hybridized carbons (Fsp3) is 0.333. The van der Waals surface area contributed by atoms with Crippen LogP contribution in [0.1, 0.15) is 22.0 Å². The molecule has 96 valence electrons. The summed E-state index contributed by atoms with van der Waals surface area (Å²) in [6.07, 6.45) is 0. The maximum Gasteiger partial charge on any atom is 0.0421 e. The Kier molecular flexibility index (Phi) is 4.87. The van der Waals surface area contributed by atoms with Gasteiger partial charge in [-0.1, -0.05) is 17.7 Å². The first kappa shape index (κ1) is 13.7. The van der Waals surface area contributed by atoms with E-state index in [2.05, 4.69) is 54.9 Å². The van der Waals surface area contributed by atoms with Crippen molar-refractivity contribution in [2.24, 2.45) is 0 Å². The molecule has 0 amide bonds. The molecule has 18 heavy (non-hydrogen) atoms. The summed E-state index contributed by atoms with van der Waals surface area (Å²) >= 11 is 3.74. The van der Waals surface area contributed by atoms with Gasteiger partial charge in [0, 0.05) is 21.6 Å². The highest BCUT2D eigenvalue weighted by molar-refractivity contribution is 7.99. The van der Waals surface area contributed by atoms with E-state index < -0.39 is 0 Å². The summed E-state index contributed by atoms with van der Waals surface area (Å²) in [5, 5.41) is 5.66. The first-order valence-corrected chi connectivity index (χ1v) is 7.97. The molecule has 1 heterocycles. The molecule has 1 unspecified atom stereocenters. The van der Waals surface area contributed by atoms with Crippen LogP contribution in [-0.4, -0.2) is 12.8 Å². The molecule has 1 nitrogen and oxygen atoms in total. The molecule has 0 saturated carbocycles. The largest absolute Gasteiger partial charge is 0.312 e. The van der Waals surface area contributed by atoms with Crippen molar-refractivity contribution in [3.63, 3.8) is 0 Å². The SMILES string of the molecule is CNC(CSc1cccc(C)c1)c1csc(C)c1. The van der Waals surface area contributed by atoms with Crippen LogP contribution in [0.15, 0.2) is 40.6 Å². The normalized spacial score (nSPS) is 12.6. The Morgan fingerprint density at radius 1 is 1.28 bits per heavy atom. The van der Waals surface area contributed by atoms with E-state index in [0.29, 0.717) is 6.04 Å². The Hall–Kier alpha value is -0.770. The fourth-order valence-electron chi connectivity index (χ4n) is 1.88. The Balaban J connectivity index is 1.99. The van der Waals surface area contributed by atoms with Gasteiger partial charge in [0.05, 0.1) is 0 Å². The zero-order valence-electron chi connectivity index (χ0n) is 11.1. The van der Waals surface area contributed by atoms with Crippen molar-refractivity contribution in [2.45, 2.75) is 24.8 Å². The molecular formula is C15H19NS2. The van der Waals surface area contributed by atoms with Crippen LogP contribution in [0, 0.1) is 13.8 Å². The quantitative estimate of drug-likeness (QED) is 0.812. The van der Waals surface area contributed by atoms with E-state index in [0.717, 1.165) is 5.75 Å². The smallest absolute Gasteiger partial charge is 0.0421 e. The number of hydrogen-bond acceptors (Lipinski definition) is 3. The van der Waals surface area contributed by atoms with Crippen molar-refractivity contribution in [1.82, 2.24) is 5.32 Å². The molecule has 3 heteroatoms. The summed E-state index contributed by atoms with van der Waals surface area (Å²) in [6.45, 7) is 4.30. The lowest BCUT2D eigenvalue weighted by Crippen LogP contribution is -2.17. The minimum absolute atomic E-state index is 0.431. The Morgan fingerprint density at radius 3 is 2.72 bits per heavy atom. The van der Waals surface area contributed by atoms with Crippen LogP contribution in [0.25, 0.3) is 0 Å². The number of hydrogen-bond donors (Lipinski definition) is 1. The molecule has 1 aromatic heterocycles. The highest BCUT2D eigenvalue weighted by Gasteiger charge is 2.11. The van der Waals surface area contributed by atoms with Crippen LogP contribution in [-0.2, 0) is 0 Å². The maximum absolute atomic E-state index is 3.40. The summed E-state index contributed by atoms with van der Waals surface area (Å²) in [4.78, 5) is 2.73. The summed E-state index contributed by atoms with van der Waals surface area (Å²) < 4.78 is 0. The average Bonchev–Trinajstić information content (AvgIpc) is 2.77. The van der Waals surface area contributed by atoms with E-state index in [4.69, 9.17) is 0 Å². The van der Waals surface area contributed by atoms with Crippen molar-refractivity contribution >= 4 is 23.1 Å². The minimum atomic E-state index is 0.431. The van der Waals surface area contributed by atoms with Crippen molar-refractivity contribution in [2.75, 3.05) is 12.8 Å². The number of rotatable bonds is 5. The van der Waals surface area contributed by atoms with Gasteiger partial charge < -0.3 is 5.32 Å². The van der Waals surface area contributed by atoms with E-state index in [1.165, 1.54) is 20.9 Å². The van der Waals surface area contributed by atoms with Gasteiger partial charge >= 0.3 is 0 Å². The molecular weight excluding hydrogens is 258 g/mol. The fourth-order valence-corrected chi connectivity index (χ4v) is 3.80. The molecule has 0 aliphatic carbocycles. The summed E-state index contributed by atoms with van der Waals surface area (Å²) in [5.74, 6) is 1.07. The third-order valence-electron chi connectivity index (χ3n) is 2.91. The number of benzene rings is 1. The van der Waals surface area contributed by atoms with Gasteiger partial charge in [-0.05, 0) is 50.0 Å². The standard InChI is InChI=1S/C15H19NS2/c1-11-5-4-6-14(7-11)18-10-15(16-3)13-8-12(2)17-9-13/h4-9,15-16H,10H2,1-3H3. The number of thioether (sulfide) groups is 1. The van der Waals surface area contributed by atoms with E-state index in [9.17, 15) is 0 Å². The molecule has 1 aromatic carbocycles. The Labute approximate surface area is 118 Å². The van der Waals surface area contributed by atoms with Crippen LogP contribution >= 0.6 is 23.1 Å². The lowest BCUT2D eigenvalue weighted by molar-refractivity contribution is 0.664. The van der Waals surface area contributed by atoms with Crippen molar-refractivity contribution < 1.29 is 0 Å². The van der Waals surface area contributed by atoms with Gasteiger partial charge in [0.1, 0.15) is 0 Å². The van der Waals surface area contributed by atoms with E-state index in [1.54, 1.807) is 0 Å². The number of thiophene rings is 1. The Morgan fingerprint density at radius 2 is 2.11 bits per heavy atom. The predicted octanol–water partition coefficient (Wildman–Crippen LogP) is 4.42. The van der Waals surface area contributed by atoms with Crippen LogP contribution in [0.2, 0.25) is 0 Å². The number of aryl methyl sites for hydroxylation is 2. The molecule has 2 aromatic rings. The zero-order chi connectivity index (χ0) is 13.0. The number of nitrogens with one attached hydrogen (secondary N) is 1. The molecule has 2 rings (SSSR count). The van der Waals surface area contributed by atoms with Gasteiger partial charge in [-0.25, -0.2) is 0 Å². The van der Waals surface area contributed by atoms with Crippen LogP contribution in [0.3, 0.4) is 0 Å². The van der Waals surface area contributed by atoms with Gasteiger partial charge in [0.2, 0.25) is 0 Å². The zero-order valence-corrected chi connectivity index (χ0v) is 12.7. The second-order valence-corrected chi connectivity index (χ2v) is 6.67. The second-order valence-electron chi connectivity index (χ2n) is 4.46. The summed E-state index contributed by atoms with van der Waals surface area (Å²) in [7, 11) is 2.04. The lowest BCUT2D eigenvalue weighted by Gasteiger charge is -2.14. The monoisotopic (exact) mass is 277 g/mol. The van der Waals surface area contributed by atoms with Crippen LogP contribution in [0.4, 0.5) is 0 Å². The molecule has 1 atom stereocenters. The average molecular weight is 277 g/mol. The van der Waals surface area contributed by atoms with Crippen molar-refractivity contribution in [3.05, 3.63) is 51.7 Å². The molecule has 1 N–H and O–H groups in total. The molecule has 0 bridgehead atoms. The van der Waals surface area contributed by atoms with Crippen LogP contribution < -0.4 is 5.32 Å². The predicted molar refractivity (Wildman–Crippen MR) is 82.8 cm³/mol. The molecule has 0 fully saturated rings. The van der Waals surface area contributed by atoms with Gasteiger partial charge in [-0.3, -0.25) is 0 Å². The van der Waals surface area contributed by atoms with E-state index in [1.807, 2.05) is 30.1 Å². The molecule has 0 aliphatic rings. The molecule has 0 saturated heterocycles. The third kappa shape index (κ3) is 3.61.